The van der Waals surface area contributed by atoms with Gasteiger partial charge in [-0.2, -0.15) is 0 Å². The van der Waals surface area contributed by atoms with Gasteiger partial charge in [-0.3, -0.25) is 37.3 Å². The average molecular weight is 1490 g/mol. The van der Waals surface area contributed by atoms with Gasteiger partial charge in [-0.05, 0) is 63.2 Å². The van der Waals surface area contributed by atoms with Crippen LogP contribution in [0.25, 0.3) is 0 Å². The first-order valence-corrected chi connectivity index (χ1v) is 45.3. The molecule has 0 fully saturated rings. The largest absolute Gasteiger partial charge is 0.472 e. The van der Waals surface area contributed by atoms with Gasteiger partial charge in [0.1, 0.15) is 19.3 Å². The SMILES string of the molecule is CCCCCC/C=C\C=C/CCCCCCCC(=O)O[C@H](COC(=O)CCCCCCCCCCCCCCC)COP(=O)(O)OC[C@H](O)COP(=O)(O)OC[C@@H](COC(=O)CCCCCCCCCCCCCCCC(C)C)OC(=O)CCCCCCCCCCCCCCCCCC(C)C. The monoisotopic (exact) mass is 1490 g/mol. The van der Waals surface area contributed by atoms with Gasteiger partial charge in [-0.25, -0.2) is 9.13 Å². The van der Waals surface area contributed by atoms with E-state index >= 15 is 0 Å². The molecule has 3 N–H and O–H groups in total. The number of ether oxygens (including phenoxy) is 4. The maximum absolute atomic E-state index is 13.1. The van der Waals surface area contributed by atoms with E-state index in [-0.39, 0.29) is 25.7 Å². The summed E-state index contributed by atoms with van der Waals surface area (Å²) in [6.45, 7) is 9.63. The van der Waals surface area contributed by atoms with Crippen molar-refractivity contribution < 1.29 is 80.2 Å². The van der Waals surface area contributed by atoms with E-state index in [4.69, 9.17) is 37.0 Å². The molecule has 0 aromatic heterocycles. The second-order valence-electron chi connectivity index (χ2n) is 30.1. The number of unbranched alkanes of at least 4 members (excludes halogenated alkanes) is 47. The predicted octanol–water partition coefficient (Wildman–Crippen LogP) is 24.6. The van der Waals surface area contributed by atoms with E-state index in [9.17, 15) is 43.2 Å². The Bertz CT molecular complexity index is 2050. The summed E-state index contributed by atoms with van der Waals surface area (Å²) in [7, 11) is -9.94. The first-order chi connectivity index (χ1) is 49.4. The Morgan fingerprint density at radius 1 is 0.304 bits per heavy atom. The van der Waals surface area contributed by atoms with E-state index in [0.717, 1.165) is 115 Å². The Morgan fingerprint density at radius 2 is 0.529 bits per heavy atom. The molecular weight excluding hydrogens is 1330 g/mol. The summed E-state index contributed by atoms with van der Waals surface area (Å²) in [5.74, 6) is -0.543. The Labute approximate surface area is 624 Å². The molecular formula is C83H158O17P2. The highest BCUT2D eigenvalue weighted by Crippen LogP contribution is 2.45. The minimum absolute atomic E-state index is 0.0856. The van der Waals surface area contributed by atoms with Gasteiger partial charge in [0.25, 0.3) is 0 Å². The highest BCUT2D eigenvalue weighted by atomic mass is 31.2. The zero-order valence-electron chi connectivity index (χ0n) is 66.4. The number of esters is 4. The highest BCUT2D eigenvalue weighted by Gasteiger charge is 2.30. The summed E-state index contributed by atoms with van der Waals surface area (Å²) < 4.78 is 68.8. The molecule has 5 atom stereocenters. The summed E-state index contributed by atoms with van der Waals surface area (Å²) in [5.41, 5.74) is 0. The molecule has 0 saturated carbocycles. The van der Waals surface area contributed by atoms with E-state index < -0.39 is 97.5 Å². The minimum Gasteiger partial charge on any atom is -0.462 e. The van der Waals surface area contributed by atoms with Gasteiger partial charge in [-0.1, -0.05) is 361 Å². The lowest BCUT2D eigenvalue weighted by Gasteiger charge is -2.21. The Balaban J connectivity index is 5.30. The van der Waals surface area contributed by atoms with Crippen molar-refractivity contribution in [2.45, 2.75) is 432 Å². The molecule has 602 valence electrons. The van der Waals surface area contributed by atoms with Gasteiger partial charge in [0.2, 0.25) is 0 Å². The van der Waals surface area contributed by atoms with Crippen LogP contribution in [0.15, 0.2) is 24.3 Å². The number of carbonyl (C=O) groups excluding carboxylic acids is 4. The topological polar surface area (TPSA) is 237 Å². The molecule has 17 nitrogen and oxygen atoms in total. The van der Waals surface area contributed by atoms with Crippen molar-refractivity contribution in [1.29, 1.82) is 0 Å². The van der Waals surface area contributed by atoms with Gasteiger partial charge in [0.15, 0.2) is 12.2 Å². The van der Waals surface area contributed by atoms with Crippen LogP contribution in [0.3, 0.4) is 0 Å². The normalized spacial score (nSPS) is 14.0. The number of hydrogen-bond donors (Lipinski definition) is 3. The van der Waals surface area contributed by atoms with Crippen molar-refractivity contribution in [2.75, 3.05) is 39.6 Å². The first-order valence-electron chi connectivity index (χ1n) is 42.3. The molecule has 0 heterocycles. The molecule has 0 aromatic rings. The zero-order valence-corrected chi connectivity index (χ0v) is 68.2. The summed E-state index contributed by atoms with van der Waals surface area (Å²) in [6.07, 6.45) is 67.2. The smallest absolute Gasteiger partial charge is 0.462 e. The molecule has 102 heavy (non-hydrogen) atoms. The fourth-order valence-corrected chi connectivity index (χ4v) is 13.9. The third kappa shape index (κ3) is 75.8. The molecule has 0 aromatic carbocycles. The number of allylic oxidation sites excluding steroid dienone is 4. The fourth-order valence-electron chi connectivity index (χ4n) is 12.3. The fraction of sp³-hybridized carbons (Fsp3) is 0.904. The summed E-state index contributed by atoms with van der Waals surface area (Å²) in [5, 5.41) is 10.7. The standard InChI is InChI=1S/C83H158O17P2/c1-7-9-11-13-15-17-19-21-23-30-37-43-49-55-61-67-82(87)99-78(71-93-80(85)65-59-53-47-41-35-27-20-18-16-14-12-10-8-2)73-97-101(89,90)95-69-77(84)70-96-102(91,92)98-74-79(72-94-81(86)66-60-54-48-42-36-32-26-29-34-40-46-52-58-64-76(5)6)100-83(88)68-62-56-50-44-38-31-25-22-24-28-33-39-45-51-57-63-75(3)4/h17,19,21,23,75-79,84H,7-16,18,20,22,24-74H2,1-6H3,(H,89,90)(H,91,92)/b19-17-,23-21-/t77-,78+,79+/m0/s1. The van der Waals surface area contributed by atoms with Crippen LogP contribution in [0, 0.1) is 11.8 Å². The molecule has 0 aliphatic heterocycles. The van der Waals surface area contributed by atoms with Crippen LogP contribution < -0.4 is 0 Å². The van der Waals surface area contributed by atoms with Crippen molar-refractivity contribution in [3.8, 4) is 0 Å². The number of hydrogen-bond acceptors (Lipinski definition) is 15. The second-order valence-corrected chi connectivity index (χ2v) is 33.0. The van der Waals surface area contributed by atoms with Crippen LogP contribution in [-0.2, 0) is 65.4 Å². The molecule has 0 rings (SSSR count). The molecule has 0 amide bonds. The lowest BCUT2D eigenvalue weighted by atomic mass is 10.0. The van der Waals surface area contributed by atoms with Crippen LogP contribution in [0.4, 0.5) is 0 Å². The van der Waals surface area contributed by atoms with Crippen LogP contribution in [0.1, 0.15) is 414 Å². The summed E-state index contributed by atoms with van der Waals surface area (Å²) in [6, 6.07) is 0. The van der Waals surface area contributed by atoms with Gasteiger partial charge in [0.05, 0.1) is 26.4 Å². The molecule has 0 aliphatic carbocycles. The summed E-state index contributed by atoms with van der Waals surface area (Å²) in [4.78, 5) is 73.1. The minimum atomic E-state index is -4.97. The molecule has 0 saturated heterocycles. The van der Waals surface area contributed by atoms with Gasteiger partial charge in [-0.15, -0.1) is 0 Å². The molecule has 0 spiro atoms. The Kier molecular flexibility index (Phi) is 72.2. The molecule has 0 radical (unpaired) electrons. The maximum Gasteiger partial charge on any atom is 0.472 e. The van der Waals surface area contributed by atoms with E-state index in [1.54, 1.807) is 0 Å². The number of phosphoric acid groups is 2. The second kappa shape index (κ2) is 74.0. The number of rotatable bonds is 80. The first kappa shape index (κ1) is 99.5. The third-order valence-electron chi connectivity index (χ3n) is 18.8. The van der Waals surface area contributed by atoms with Crippen molar-refractivity contribution in [3.63, 3.8) is 0 Å². The molecule has 0 bridgehead atoms. The van der Waals surface area contributed by atoms with Gasteiger partial charge >= 0.3 is 39.5 Å². The Morgan fingerprint density at radius 3 is 0.804 bits per heavy atom. The lowest BCUT2D eigenvalue weighted by Crippen LogP contribution is -2.30. The van der Waals surface area contributed by atoms with Gasteiger partial charge < -0.3 is 33.8 Å². The number of phosphoric ester groups is 2. The van der Waals surface area contributed by atoms with E-state index in [1.165, 1.54) is 218 Å². The molecule has 19 heteroatoms. The van der Waals surface area contributed by atoms with Crippen molar-refractivity contribution in [3.05, 3.63) is 24.3 Å². The van der Waals surface area contributed by atoms with Crippen LogP contribution >= 0.6 is 15.6 Å². The average Bonchev–Trinajstić information content (AvgIpc) is 0.937. The molecule has 0 aliphatic rings. The number of carbonyl (C=O) groups is 4. The van der Waals surface area contributed by atoms with Crippen LogP contribution in [0.5, 0.6) is 0 Å². The molecule has 2 unspecified atom stereocenters. The van der Waals surface area contributed by atoms with Crippen LogP contribution in [-0.4, -0.2) is 96.7 Å². The van der Waals surface area contributed by atoms with Gasteiger partial charge in [0, 0.05) is 25.7 Å². The zero-order chi connectivity index (χ0) is 74.9. The number of aliphatic hydroxyl groups is 1. The Hall–Kier alpha value is -2.46. The summed E-state index contributed by atoms with van der Waals surface area (Å²) >= 11 is 0. The van der Waals surface area contributed by atoms with Crippen molar-refractivity contribution >= 4 is 39.5 Å². The van der Waals surface area contributed by atoms with E-state index in [0.29, 0.717) is 25.7 Å². The third-order valence-corrected chi connectivity index (χ3v) is 20.7. The van der Waals surface area contributed by atoms with Crippen molar-refractivity contribution in [1.82, 2.24) is 0 Å². The van der Waals surface area contributed by atoms with E-state index in [1.807, 2.05) is 0 Å². The van der Waals surface area contributed by atoms with Crippen LogP contribution in [0.2, 0.25) is 0 Å². The number of aliphatic hydroxyl groups excluding tert-OH is 1. The lowest BCUT2D eigenvalue weighted by molar-refractivity contribution is -0.161. The quantitative estimate of drug-likeness (QED) is 0.0169. The van der Waals surface area contributed by atoms with Crippen molar-refractivity contribution in [2.24, 2.45) is 11.8 Å². The highest BCUT2D eigenvalue weighted by molar-refractivity contribution is 7.47. The maximum atomic E-state index is 13.1. The van der Waals surface area contributed by atoms with E-state index in [2.05, 4.69) is 65.8 Å². The predicted molar refractivity (Wildman–Crippen MR) is 418 cm³/mol.